The summed E-state index contributed by atoms with van der Waals surface area (Å²) in [5.74, 6) is 0.914. The highest BCUT2D eigenvalue weighted by Gasteiger charge is 2.18. The highest BCUT2D eigenvalue weighted by molar-refractivity contribution is 9.10. The maximum absolute atomic E-state index is 11.7. The van der Waals surface area contributed by atoms with Crippen molar-refractivity contribution in [1.82, 2.24) is 5.32 Å². The number of carboxylic acid groups (broad SMARTS) is 1. The molecule has 0 fully saturated rings. The molecule has 0 saturated heterocycles. The summed E-state index contributed by atoms with van der Waals surface area (Å²) in [6.07, 6.45) is 5.04. The summed E-state index contributed by atoms with van der Waals surface area (Å²) in [5.41, 5.74) is 1.05. The Labute approximate surface area is 130 Å². The number of benzene rings is 1. The van der Waals surface area contributed by atoms with Gasteiger partial charge in [-0.2, -0.15) is 0 Å². The van der Waals surface area contributed by atoms with Gasteiger partial charge in [0, 0.05) is 15.8 Å². The molecule has 1 aromatic rings. The van der Waals surface area contributed by atoms with E-state index in [0.29, 0.717) is 0 Å². The Kier molecular flexibility index (Phi) is 6.62. The van der Waals surface area contributed by atoms with Crippen LogP contribution in [0.15, 0.2) is 27.6 Å². The molecule has 0 aliphatic carbocycles. The lowest BCUT2D eigenvalue weighted by Gasteiger charge is -2.12. The maximum Gasteiger partial charge on any atom is 0.327 e. The molecule has 0 saturated carbocycles. The third kappa shape index (κ3) is 5.27. The number of nitrogens with one attached hydrogen (secondary N) is 1. The van der Waals surface area contributed by atoms with E-state index in [1.54, 1.807) is 0 Å². The van der Waals surface area contributed by atoms with Crippen molar-refractivity contribution in [3.05, 3.63) is 28.2 Å². The van der Waals surface area contributed by atoms with Crippen LogP contribution in [-0.4, -0.2) is 28.8 Å². The first-order valence-electron chi connectivity index (χ1n) is 5.78. The summed E-state index contributed by atoms with van der Waals surface area (Å²) in [5, 5.41) is 11.3. The zero-order valence-electron chi connectivity index (χ0n) is 10.9. The number of hydrogen-bond donors (Lipinski definition) is 2. The smallest absolute Gasteiger partial charge is 0.327 e. The molecule has 6 heteroatoms. The van der Waals surface area contributed by atoms with Crippen LogP contribution in [0.25, 0.3) is 0 Å². The minimum atomic E-state index is -1.12. The number of amides is 1. The zero-order chi connectivity index (χ0) is 15.1. The second kappa shape index (κ2) is 7.98. The molecule has 1 amide bonds. The lowest BCUT2D eigenvalue weighted by atomic mass is 10.2. The van der Waals surface area contributed by atoms with Crippen molar-refractivity contribution in [2.75, 3.05) is 5.75 Å². The summed E-state index contributed by atoms with van der Waals surface area (Å²) in [6.45, 7) is 1.95. The van der Waals surface area contributed by atoms with Crippen LogP contribution in [0, 0.1) is 19.3 Å². The molecule has 0 radical (unpaired) electrons. The fourth-order valence-electron chi connectivity index (χ4n) is 1.47. The molecular formula is C14H14BrNO3S. The first-order valence-corrected chi connectivity index (χ1v) is 7.56. The normalized spacial score (nSPS) is 11.4. The SMILES string of the molecule is C#CCC(NC(=O)CSc1ccc(Br)cc1C)C(=O)O. The van der Waals surface area contributed by atoms with Crippen molar-refractivity contribution in [2.45, 2.75) is 24.3 Å². The molecule has 0 aromatic heterocycles. The third-order valence-corrected chi connectivity index (χ3v) is 4.12. The number of thioether (sulfide) groups is 1. The maximum atomic E-state index is 11.7. The van der Waals surface area contributed by atoms with Crippen LogP contribution < -0.4 is 5.32 Å². The van der Waals surface area contributed by atoms with Crippen molar-refractivity contribution < 1.29 is 14.7 Å². The number of aliphatic carboxylic acids is 1. The minimum absolute atomic E-state index is 0.0248. The van der Waals surface area contributed by atoms with E-state index in [1.807, 2.05) is 25.1 Å². The summed E-state index contributed by atoms with van der Waals surface area (Å²) in [7, 11) is 0. The fourth-order valence-corrected chi connectivity index (χ4v) is 2.77. The Morgan fingerprint density at radius 3 is 2.80 bits per heavy atom. The quantitative estimate of drug-likeness (QED) is 0.607. The Morgan fingerprint density at radius 1 is 1.55 bits per heavy atom. The van der Waals surface area contributed by atoms with Gasteiger partial charge < -0.3 is 10.4 Å². The average molecular weight is 356 g/mol. The molecule has 106 valence electrons. The number of hydrogen-bond acceptors (Lipinski definition) is 3. The van der Waals surface area contributed by atoms with Gasteiger partial charge in [-0.05, 0) is 30.7 Å². The van der Waals surface area contributed by atoms with E-state index in [0.717, 1.165) is 14.9 Å². The average Bonchev–Trinajstić information content (AvgIpc) is 2.37. The number of carboxylic acids is 1. The highest BCUT2D eigenvalue weighted by atomic mass is 79.9. The highest BCUT2D eigenvalue weighted by Crippen LogP contribution is 2.25. The van der Waals surface area contributed by atoms with Gasteiger partial charge in [0.15, 0.2) is 0 Å². The van der Waals surface area contributed by atoms with Gasteiger partial charge in [0.1, 0.15) is 6.04 Å². The number of carbonyl (C=O) groups is 2. The van der Waals surface area contributed by atoms with Gasteiger partial charge in [-0.3, -0.25) is 4.79 Å². The van der Waals surface area contributed by atoms with Crippen LogP contribution in [0.1, 0.15) is 12.0 Å². The van der Waals surface area contributed by atoms with E-state index in [2.05, 4.69) is 27.2 Å². The topological polar surface area (TPSA) is 66.4 Å². The summed E-state index contributed by atoms with van der Waals surface area (Å²) in [6, 6.07) is 4.73. The van der Waals surface area contributed by atoms with Crippen LogP contribution >= 0.6 is 27.7 Å². The molecule has 4 nitrogen and oxygen atoms in total. The van der Waals surface area contributed by atoms with E-state index >= 15 is 0 Å². The number of aryl methyl sites for hydroxylation is 1. The standard InChI is InChI=1S/C14H14BrNO3S/c1-3-4-11(14(18)19)16-13(17)8-20-12-6-5-10(15)7-9(12)2/h1,5-7,11H,4,8H2,2H3,(H,16,17)(H,18,19). The Balaban J connectivity index is 2.55. The summed E-state index contributed by atoms with van der Waals surface area (Å²) >= 11 is 4.73. The molecule has 1 aromatic carbocycles. The van der Waals surface area contributed by atoms with E-state index in [4.69, 9.17) is 11.5 Å². The molecule has 0 heterocycles. The Bertz CT molecular complexity index is 554. The van der Waals surface area contributed by atoms with E-state index in [1.165, 1.54) is 11.8 Å². The lowest BCUT2D eigenvalue weighted by molar-refractivity contribution is -0.141. The molecule has 0 aliphatic heterocycles. The predicted octanol–water partition coefficient (Wildman–Crippen LogP) is 2.44. The fraction of sp³-hybridized carbons (Fsp3) is 0.286. The molecule has 0 bridgehead atoms. The van der Waals surface area contributed by atoms with Crippen LogP contribution in [-0.2, 0) is 9.59 Å². The van der Waals surface area contributed by atoms with Crippen molar-refractivity contribution in [3.63, 3.8) is 0 Å². The van der Waals surface area contributed by atoms with Crippen molar-refractivity contribution in [2.24, 2.45) is 0 Å². The van der Waals surface area contributed by atoms with Crippen LogP contribution in [0.5, 0.6) is 0 Å². The number of rotatable bonds is 6. The van der Waals surface area contributed by atoms with Gasteiger partial charge in [-0.15, -0.1) is 24.1 Å². The van der Waals surface area contributed by atoms with Crippen molar-refractivity contribution in [1.29, 1.82) is 0 Å². The third-order valence-electron chi connectivity index (χ3n) is 2.45. The van der Waals surface area contributed by atoms with Gasteiger partial charge >= 0.3 is 5.97 Å². The summed E-state index contributed by atoms with van der Waals surface area (Å²) in [4.78, 5) is 23.6. The molecule has 0 spiro atoms. The molecule has 2 N–H and O–H groups in total. The first-order chi connectivity index (χ1) is 9.43. The summed E-state index contributed by atoms with van der Waals surface area (Å²) < 4.78 is 0.976. The van der Waals surface area contributed by atoms with E-state index in [9.17, 15) is 9.59 Å². The zero-order valence-corrected chi connectivity index (χ0v) is 13.3. The van der Waals surface area contributed by atoms with Crippen molar-refractivity contribution >= 4 is 39.6 Å². The minimum Gasteiger partial charge on any atom is -0.480 e. The molecule has 1 atom stereocenters. The molecule has 1 rings (SSSR count). The van der Waals surface area contributed by atoms with Gasteiger partial charge in [0.25, 0.3) is 0 Å². The van der Waals surface area contributed by atoms with Crippen LogP contribution in [0.2, 0.25) is 0 Å². The monoisotopic (exact) mass is 355 g/mol. The van der Waals surface area contributed by atoms with Crippen LogP contribution in [0.4, 0.5) is 0 Å². The second-order valence-electron chi connectivity index (χ2n) is 4.07. The van der Waals surface area contributed by atoms with Gasteiger partial charge in [0.2, 0.25) is 5.91 Å². The Morgan fingerprint density at radius 2 is 2.25 bits per heavy atom. The molecule has 20 heavy (non-hydrogen) atoms. The van der Waals surface area contributed by atoms with E-state index < -0.39 is 12.0 Å². The Hall–Kier alpha value is -1.45. The predicted molar refractivity (Wildman–Crippen MR) is 82.6 cm³/mol. The van der Waals surface area contributed by atoms with Gasteiger partial charge in [0.05, 0.1) is 5.75 Å². The first kappa shape index (κ1) is 16.6. The molecule has 0 aliphatic rings. The number of halogens is 1. The van der Waals surface area contributed by atoms with Crippen molar-refractivity contribution in [3.8, 4) is 12.3 Å². The largest absolute Gasteiger partial charge is 0.480 e. The molecular weight excluding hydrogens is 342 g/mol. The van der Waals surface area contributed by atoms with Gasteiger partial charge in [-0.25, -0.2) is 4.79 Å². The number of carbonyl (C=O) groups excluding carboxylic acids is 1. The molecule has 1 unspecified atom stereocenters. The van der Waals surface area contributed by atoms with E-state index in [-0.39, 0.29) is 18.1 Å². The second-order valence-corrected chi connectivity index (χ2v) is 6.00. The van der Waals surface area contributed by atoms with Crippen LogP contribution in [0.3, 0.4) is 0 Å². The number of terminal acetylenes is 1. The lowest BCUT2D eigenvalue weighted by Crippen LogP contribution is -2.41. The van der Waals surface area contributed by atoms with Gasteiger partial charge in [-0.1, -0.05) is 15.9 Å².